The third-order valence-electron chi connectivity index (χ3n) is 5.87. The van der Waals surface area contributed by atoms with Crippen LogP contribution in [0.3, 0.4) is 0 Å². The Morgan fingerprint density at radius 3 is 2.52 bits per heavy atom. The Morgan fingerprint density at radius 2 is 1.77 bits per heavy atom. The topological polar surface area (TPSA) is 62.3 Å². The van der Waals surface area contributed by atoms with E-state index in [0.717, 1.165) is 62.4 Å². The Labute approximate surface area is 185 Å². The number of carbonyl (C=O) groups excluding carboxylic acids is 2. The fourth-order valence-corrected chi connectivity index (χ4v) is 4.02. The lowest BCUT2D eigenvalue weighted by molar-refractivity contribution is -0.116. The van der Waals surface area contributed by atoms with Crippen LogP contribution in [0.25, 0.3) is 6.08 Å². The van der Waals surface area contributed by atoms with Gasteiger partial charge in [0.2, 0.25) is 5.91 Å². The van der Waals surface area contributed by atoms with Gasteiger partial charge in [0, 0.05) is 43.7 Å². The van der Waals surface area contributed by atoms with Gasteiger partial charge in [0.15, 0.2) is 0 Å². The summed E-state index contributed by atoms with van der Waals surface area (Å²) in [7, 11) is 0. The van der Waals surface area contributed by atoms with E-state index in [-0.39, 0.29) is 11.8 Å². The van der Waals surface area contributed by atoms with E-state index in [0.29, 0.717) is 0 Å². The minimum atomic E-state index is -0.0549. The fraction of sp³-hybridized carbons (Fsp3) is 0.423. The Bertz CT molecular complexity index is 828. The number of unbranched alkanes of at least 4 members (excludes halogenated alkanes) is 3. The van der Waals surface area contributed by atoms with Crippen molar-refractivity contribution < 1.29 is 9.59 Å². The molecule has 1 saturated heterocycles. The van der Waals surface area contributed by atoms with Gasteiger partial charge >= 0.3 is 0 Å². The third kappa shape index (κ3) is 8.00. The van der Waals surface area contributed by atoms with Crippen LogP contribution in [0.5, 0.6) is 0 Å². The lowest BCUT2D eigenvalue weighted by atomic mass is 9.91. The SMILES string of the molecule is O=C(C=Cc1cccnc1)NCCCCCCC1CCN(C(=O)c2ccccc2)CC1. The number of carbonyl (C=O) groups is 2. The zero-order valence-corrected chi connectivity index (χ0v) is 18.2. The molecule has 0 unspecified atom stereocenters. The molecule has 0 aliphatic carbocycles. The van der Waals surface area contributed by atoms with E-state index in [1.54, 1.807) is 24.5 Å². The highest BCUT2D eigenvalue weighted by atomic mass is 16.2. The highest BCUT2D eigenvalue weighted by Gasteiger charge is 2.23. The quantitative estimate of drug-likeness (QED) is 0.448. The summed E-state index contributed by atoms with van der Waals surface area (Å²) in [5.41, 5.74) is 1.72. The molecule has 1 N–H and O–H groups in total. The first-order chi connectivity index (χ1) is 15.2. The zero-order chi connectivity index (χ0) is 21.7. The summed E-state index contributed by atoms with van der Waals surface area (Å²) >= 11 is 0. The normalized spacial score (nSPS) is 14.6. The number of nitrogens with one attached hydrogen (secondary N) is 1. The molecule has 0 atom stereocenters. The van der Waals surface area contributed by atoms with Crippen molar-refractivity contribution >= 4 is 17.9 Å². The van der Waals surface area contributed by atoms with Crippen LogP contribution >= 0.6 is 0 Å². The largest absolute Gasteiger partial charge is 0.353 e. The van der Waals surface area contributed by atoms with Crippen LogP contribution in [0, 0.1) is 5.92 Å². The van der Waals surface area contributed by atoms with Gasteiger partial charge in [-0.1, -0.05) is 49.9 Å². The molecule has 0 saturated carbocycles. The minimum absolute atomic E-state index is 0.0549. The van der Waals surface area contributed by atoms with Gasteiger partial charge in [-0.3, -0.25) is 14.6 Å². The maximum absolute atomic E-state index is 12.5. The van der Waals surface area contributed by atoms with Crippen LogP contribution in [-0.4, -0.2) is 41.3 Å². The molecular weight excluding hydrogens is 386 g/mol. The maximum atomic E-state index is 12.5. The van der Waals surface area contributed by atoms with E-state index in [9.17, 15) is 9.59 Å². The fourth-order valence-electron chi connectivity index (χ4n) is 4.02. The van der Waals surface area contributed by atoms with E-state index >= 15 is 0 Å². The maximum Gasteiger partial charge on any atom is 0.253 e. The van der Waals surface area contributed by atoms with E-state index in [4.69, 9.17) is 0 Å². The molecule has 1 aromatic carbocycles. The van der Waals surface area contributed by atoms with E-state index < -0.39 is 0 Å². The van der Waals surface area contributed by atoms with Gasteiger partial charge in [0.1, 0.15) is 0 Å². The molecule has 0 spiro atoms. The van der Waals surface area contributed by atoms with Crippen molar-refractivity contribution in [1.29, 1.82) is 0 Å². The molecule has 2 aromatic rings. The first-order valence-corrected chi connectivity index (χ1v) is 11.4. The number of pyridine rings is 1. The van der Waals surface area contributed by atoms with Crippen LogP contribution in [0.4, 0.5) is 0 Å². The second kappa shape index (κ2) is 12.7. The standard InChI is InChI=1S/C26H33N3O2/c30-25(14-13-23-10-8-17-27-21-23)28-18-7-2-1-4-9-22-15-19-29(20-16-22)26(31)24-11-5-3-6-12-24/h3,5-6,8,10-14,17,21-22H,1-2,4,7,9,15-16,18-20H2,(H,28,30). The minimum Gasteiger partial charge on any atom is -0.353 e. The van der Waals surface area contributed by atoms with Crippen LogP contribution in [0.2, 0.25) is 0 Å². The van der Waals surface area contributed by atoms with Crippen LogP contribution in [-0.2, 0) is 4.79 Å². The molecule has 2 amide bonds. The number of hydrogen-bond acceptors (Lipinski definition) is 3. The molecule has 0 bridgehead atoms. The Morgan fingerprint density at radius 1 is 1.00 bits per heavy atom. The average molecular weight is 420 g/mol. The van der Waals surface area contributed by atoms with Crippen molar-refractivity contribution in [2.45, 2.75) is 44.9 Å². The lowest BCUT2D eigenvalue weighted by Crippen LogP contribution is -2.38. The van der Waals surface area contributed by atoms with Gasteiger partial charge in [0.25, 0.3) is 5.91 Å². The summed E-state index contributed by atoms with van der Waals surface area (Å²) in [6, 6.07) is 13.3. The van der Waals surface area contributed by atoms with Crippen LogP contribution in [0.1, 0.15) is 60.9 Å². The molecule has 5 heteroatoms. The lowest BCUT2D eigenvalue weighted by Gasteiger charge is -2.32. The van der Waals surface area contributed by atoms with Gasteiger partial charge in [-0.15, -0.1) is 0 Å². The Kier molecular flexibility index (Phi) is 9.30. The second-order valence-corrected chi connectivity index (χ2v) is 8.22. The summed E-state index contributed by atoms with van der Waals surface area (Å²) < 4.78 is 0. The highest BCUT2D eigenvalue weighted by molar-refractivity contribution is 5.94. The number of benzene rings is 1. The van der Waals surface area contributed by atoms with Gasteiger partial charge in [-0.25, -0.2) is 0 Å². The summed E-state index contributed by atoms with van der Waals surface area (Å²) in [4.78, 5) is 30.4. The first kappa shape index (κ1) is 22.7. The molecule has 3 rings (SSSR count). The van der Waals surface area contributed by atoms with Crippen molar-refractivity contribution in [1.82, 2.24) is 15.2 Å². The predicted octanol–water partition coefficient (Wildman–Crippen LogP) is 4.71. The van der Waals surface area contributed by atoms with Gasteiger partial charge in [-0.2, -0.15) is 0 Å². The van der Waals surface area contributed by atoms with Gasteiger partial charge in [-0.05, 0) is 55.0 Å². The highest BCUT2D eigenvalue weighted by Crippen LogP contribution is 2.24. The molecule has 1 aliphatic heterocycles. The summed E-state index contributed by atoms with van der Waals surface area (Å²) in [5.74, 6) is 0.842. The first-order valence-electron chi connectivity index (χ1n) is 11.4. The number of amides is 2. The number of hydrogen-bond donors (Lipinski definition) is 1. The van der Waals surface area contributed by atoms with Crippen molar-refractivity contribution in [3.63, 3.8) is 0 Å². The van der Waals surface area contributed by atoms with Crippen molar-refractivity contribution in [3.8, 4) is 0 Å². The Hall–Kier alpha value is -2.95. The van der Waals surface area contributed by atoms with Crippen molar-refractivity contribution in [2.24, 2.45) is 5.92 Å². The number of rotatable bonds is 10. The summed E-state index contributed by atoms with van der Waals surface area (Å²) in [5, 5.41) is 2.94. The van der Waals surface area contributed by atoms with Gasteiger partial charge in [0.05, 0.1) is 0 Å². The molecule has 164 valence electrons. The summed E-state index contributed by atoms with van der Waals surface area (Å²) in [6.07, 6.45) is 14.8. The molecule has 0 radical (unpaired) electrons. The van der Waals surface area contributed by atoms with E-state index in [1.807, 2.05) is 47.4 Å². The molecule has 31 heavy (non-hydrogen) atoms. The van der Waals surface area contributed by atoms with E-state index in [2.05, 4.69) is 10.3 Å². The number of aromatic nitrogens is 1. The molecule has 2 heterocycles. The Balaban J connectivity index is 1.20. The van der Waals surface area contributed by atoms with Crippen molar-refractivity contribution in [2.75, 3.05) is 19.6 Å². The number of likely N-dealkylation sites (tertiary alicyclic amines) is 1. The van der Waals surface area contributed by atoms with Gasteiger partial charge < -0.3 is 10.2 Å². The monoisotopic (exact) mass is 419 g/mol. The molecule has 5 nitrogen and oxygen atoms in total. The predicted molar refractivity (Wildman–Crippen MR) is 124 cm³/mol. The second-order valence-electron chi connectivity index (χ2n) is 8.22. The third-order valence-corrected chi connectivity index (χ3v) is 5.87. The van der Waals surface area contributed by atoms with E-state index in [1.165, 1.54) is 19.3 Å². The number of nitrogens with zero attached hydrogens (tertiary/aromatic N) is 2. The van der Waals surface area contributed by atoms with Crippen LogP contribution < -0.4 is 5.32 Å². The smallest absolute Gasteiger partial charge is 0.253 e. The molecule has 1 aromatic heterocycles. The average Bonchev–Trinajstić information content (AvgIpc) is 2.83. The number of piperidine rings is 1. The molecular formula is C26H33N3O2. The van der Waals surface area contributed by atoms with Crippen LogP contribution in [0.15, 0.2) is 60.9 Å². The molecule has 1 fully saturated rings. The zero-order valence-electron chi connectivity index (χ0n) is 18.2. The molecule has 1 aliphatic rings. The summed E-state index contributed by atoms with van der Waals surface area (Å²) in [6.45, 7) is 2.46. The van der Waals surface area contributed by atoms with Crippen molar-refractivity contribution in [3.05, 3.63) is 72.1 Å².